The highest BCUT2D eigenvalue weighted by atomic mass is 32.2. The van der Waals surface area contributed by atoms with E-state index < -0.39 is 11.8 Å². The van der Waals surface area contributed by atoms with Crippen molar-refractivity contribution < 1.29 is 34.1 Å². The number of unbranched alkanes of at least 4 members (excludes halogenated alkanes) is 2. The normalized spacial score (nSPS) is 25.9. The maximum Gasteiger partial charge on any atom is 0.239 e. The van der Waals surface area contributed by atoms with Crippen LogP contribution in [0.4, 0.5) is 0 Å². The van der Waals surface area contributed by atoms with Gasteiger partial charge < -0.3 is 34.2 Å². The van der Waals surface area contributed by atoms with Crippen molar-refractivity contribution in [2.45, 2.75) is 119 Å². The van der Waals surface area contributed by atoms with Crippen molar-refractivity contribution in [3.05, 3.63) is 78.4 Å². The Balaban J connectivity index is 1.45. The topological polar surface area (TPSA) is 110 Å². The molecule has 6 rings (SSSR count). The Morgan fingerprint density at radius 3 is 2.54 bits per heavy atom. The Bertz CT molecular complexity index is 1650. The first-order valence-electron chi connectivity index (χ1n) is 21.7. The van der Waals surface area contributed by atoms with Crippen molar-refractivity contribution in [3.8, 4) is 11.5 Å². The van der Waals surface area contributed by atoms with Gasteiger partial charge in [0.1, 0.15) is 24.7 Å². The van der Waals surface area contributed by atoms with E-state index in [9.17, 15) is 15.0 Å². The molecule has 1 amide bonds. The van der Waals surface area contributed by atoms with E-state index in [0.29, 0.717) is 31.9 Å². The molecule has 312 valence electrons. The predicted octanol–water partition coefficient (Wildman–Crippen LogP) is 9.33. The van der Waals surface area contributed by atoms with Crippen LogP contribution in [0.3, 0.4) is 0 Å². The fourth-order valence-electron chi connectivity index (χ4n) is 10.1. The lowest BCUT2D eigenvalue weighted by molar-refractivity contribution is -0.257. The second-order valence-corrected chi connectivity index (χ2v) is 17.4. The summed E-state index contributed by atoms with van der Waals surface area (Å²) in [5, 5.41) is 24.5. The van der Waals surface area contributed by atoms with Crippen molar-refractivity contribution in [2.75, 3.05) is 45.8 Å². The molecule has 57 heavy (non-hydrogen) atoms. The average Bonchev–Trinajstić information content (AvgIpc) is 3.76. The fraction of sp³-hybridized carbons (Fsp3) is 0.617. The first-order valence-corrected chi connectivity index (χ1v) is 22.7. The number of fused-ring (bicyclic) bond motifs is 2. The van der Waals surface area contributed by atoms with Crippen LogP contribution in [0.2, 0.25) is 0 Å². The molecular weight excluding hydrogens is 737 g/mol. The first-order chi connectivity index (χ1) is 28.0. The van der Waals surface area contributed by atoms with Gasteiger partial charge in [-0.15, -0.1) is 18.3 Å². The van der Waals surface area contributed by atoms with Gasteiger partial charge >= 0.3 is 0 Å². The minimum absolute atomic E-state index is 0.0689. The lowest BCUT2D eigenvalue weighted by Gasteiger charge is -2.60. The number of aliphatic hydroxyl groups is 2. The number of oxime groups is 1. The number of ether oxygens (including phenoxy) is 3. The predicted molar refractivity (Wildman–Crippen MR) is 228 cm³/mol. The molecule has 2 aromatic rings. The molecule has 1 heterocycles. The number of allylic oxidation sites excluding steroid dienone is 1. The number of nitrogens with zero attached hydrogens (tertiary/aromatic N) is 2. The molecule has 0 aromatic heterocycles. The third-order valence-electron chi connectivity index (χ3n) is 12.6. The number of carbonyl (C=O) groups excluding carboxylic acids is 1. The van der Waals surface area contributed by atoms with Gasteiger partial charge in [0.05, 0.1) is 24.8 Å². The highest BCUT2D eigenvalue weighted by molar-refractivity contribution is 7.99. The number of thioether (sulfide) groups is 1. The molecular formula is C47H66N2O7S. The Kier molecular flexibility index (Phi) is 16.4. The summed E-state index contributed by atoms with van der Waals surface area (Å²) in [4.78, 5) is 23.5. The van der Waals surface area contributed by atoms with Gasteiger partial charge in [0.25, 0.3) is 0 Å². The van der Waals surface area contributed by atoms with E-state index in [1.54, 1.807) is 24.9 Å². The number of hydrogen-bond acceptors (Lipinski definition) is 9. The standard InChI is InChI=1S/C47H66N2O7S/c1-4-25-49(44(52)24-21-34-15-9-10-16-34)43-33-41(48-53-3)39-31-35(17-11-13-26-50)38(20-12-14-27-51)45-40-32-36(54-29-30-57-37-18-7-6-8-19-37)22-23-42(40)56-47(43,46(39)45)55-28-5-2/h5-8,18-19,22-23,31-32,34-35,38,43,45-46,50-51H,2,4,9-17,20-21,24-30,33H2,1,3H3. The van der Waals surface area contributed by atoms with Crippen LogP contribution in [-0.2, 0) is 14.4 Å². The SMILES string of the molecule is C=CCOC12Oc3ccc(OCCSc4ccccc4)cc3C3C(CCCCO)C(CCCCO)C=C(C(=NOC)CC1N(CCC)C(=O)CCC1CCCC1)C32. The Morgan fingerprint density at radius 2 is 1.82 bits per heavy atom. The van der Waals surface area contributed by atoms with Gasteiger partial charge in [-0.2, -0.15) is 0 Å². The zero-order valence-corrected chi connectivity index (χ0v) is 35.1. The molecule has 0 spiro atoms. The third kappa shape index (κ3) is 10.3. The van der Waals surface area contributed by atoms with E-state index in [1.165, 1.54) is 30.6 Å². The van der Waals surface area contributed by atoms with E-state index in [-0.39, 0.29) is 49.4 Å². The van der Waals surface area contributed by atoms with Gasteiger partial charge in [-0.05, 0) is 92.2 Å². The van der Waals surface area contributed by atoms with Crippen LogP contribution in [0, 0.1) is 23.7 Å². The minimum Gasteiger partial charge on any atom is -0.493 e. The zero-order valence-electron chi connectivity index (χ0n) is 34.3. The van der Waals surface area contributed by atoms with Crippen LogP contribution in [0.1, 0.15) is 108 Å². The van der Waals surface area contributed by atoms with Crippen LogP contribution in [0.5, 0.6) is 11.5 Å². The molecule has 2 saturated carbocycles. The number of hydrogen-bond donors (Lipinski definition) is 2. The molecule has 0 saturated heterocycles. The van der Waals surface area contributed by atoms with E-state index >= 15 is 0 Å². The van der Waals surface area contributed by atoms with Crippen molar-refractivity contribution in [1.82, 2.24) is 4.90 Å². The lowest BCUT2D eigenvalue weighted by Crippen LogP contribution is -2.70. The molecule has 9 nitrogen and oxygen atoms in total. The number of benzene rings is 2. The van der Waals surface area contributed by atoms with Crippen LogP contribution in [-0.4, -0.2) is 84.4 Å². The average molecular weight is 803 g/mol. The minimum atomic E-state index is -1.22. The summed E-state index contributed by atoms with van der Waals surface area (Å²) in [6, 6.07) is 16.1. The summed E-state index contributed by atoms with van der Waals surface area (Å²) in [5.74, 6) is 1.85. The molecule has 2 fully saturated rings. The molecule has 0 bridgehead atoms. The monoisotopic (exact) mass is 802 g/mol. The molecule has 10 heteroatoms. The van der Waals surface area contributed by atoms with Gasteiger partial charge in [0.2, 0.25) is 11.7 Å². The van der Waals surface area contributed by atoms with Gasteiger partial charge in [0, 0.05) is 54.7 Å². The van der Waals surface area contributed by atoms with Crippen LogP contribution in [0.25, 0.3) is 0 Å². The molecule has 3 aliphatic carbocycles. The van der Waals surface area contributed by atoms with E-state index in [2.05, 4.69) is 54.8 Å². The fourth-order valence-corrected chi connectivity index (χ4v) is 10.9. The second kappa shape index (κ2) is 21.6. The molecule has 6 unspecified atom stereocenters. The smallest absolute Gasteiger partial charge is 0.239 e. The van der Waals surface area contributed by atoms with Gasteiger partial charge in [0.15, 0.2) is 0 Å². The molecule has 2 N–H and O–H groups in total. The highest BCUT2D eigenvalue weighted by Gasteiger charge is 2.65. The summed E-state index contributed by atoms with van der Waals surface area (Å²) in [6.07, 6.45) is 16.7. The van der Waals surface area contributed by atoms with E-state index in [4.69, 9.17) is 24.2 Å². The molecule has 6 atom stereocenters. The quantitative estimate of drug-likeness (QED) is 0.0496. The molecule has 4 aliphatic rings. The number of aliphatic hydroxyl groups excluding tert-OH is 2. The maximum absolute atomic E-state index is 14.6. The Morgan fingerprint density at radius 1 is 1.05 bits per heavy atom. The molecule has 0 radical (unpaired) electrons. The molecule has 1 aliphatic heterocycles. The van der Waals surface area contributed by atoms with Crippen molar-refractivity contribution in [1.29, 1.82) is 0 Å². The van der Waals surface area contributed by atoms with Gasteiger partial charge in [-0.25, -0.2) is 0 Å². The lowest BCUT2D eigenvalue weighted by atomic mass is 9.55. The Hall–Kier alpha value is -3.31. The highest BCUT2D eigenvalue weighted by Crippen LogP contribution is 2.62. The van der Waals surface area contributed by atoms with Crippen LogP contribution in [0.15, 0.2) is 82.9 Å². The van der Waals surface area contributed by atoms with Crippen LogP contribution < -0.4 is 9.47 Å². The third-order valence-corrected chi connectivity index (χ3v) is 13.6. The first kappa shape index (κ1) is 43.3. The summed E-state index contributed by atoms with van der Waals surface area (Å²) in [7, 11) is 1.60. The number of rotatable bonds is 23. The Labute approximate surface area is 345 Å². The van der Waals surface area contributed by atoms with Gasteiger partial charge in [-0.3, -0.25) is 4.79 Å². The van der Waals surface area contributed by atoms with E-state index in [1.807, 2.05) is 18.2 Å². The second-order valence-electron chi connectivity index (χ2n) is 16.2. The summed E-state index contributed by atoms with van der Waals surface area (Å²) in [6.45, 7) is 7.87. The molecule has 2 aromatic carbocycles. The van der Waals surface area contributed by atoms with Crippen molar-refractivity contribution in [3.63, 3.8) is 0 Å². The summed E-state index contributed by atoms with van der Waals surface area (Å²) in [5.41, 5.74) is 2.96. The van der Waals surface area contributed by atoms with Crippen molar-refractivity contribution >= 4 is 23.4 Å². The largest absolute Gasteiger partial charge is 0.493 e. The zero-order chi connectivity index (χ0) is 40.0. The summed E-state index contributed by atoms with van der Waals surface area (Å²) >= 11 is 1.77. The van der Waals surface area contributed by atoms with Crippen LogP contribution >= 0.6 is 11.8 Å². The van der Waals surface area contributed by atoms with E-state index in [0.717, 1.165) is 85.5 Å². The maximum atomic E-state index is 14.6. The van der Waals surface area contributed by atoms with Gasteiger partial charge in [-0.1, -0.05) is 81.0 Å². The summed E-state index contributed by atoms with van der Waals surface area (Å²) < 4.78 is 20.9. The van der Waals surface area contributed by atoms with Crippen molar-refractivity contribution in [2.24, 2.45) is 28.8 Å². The number of amides is 1. The number of carbonyl (C=O) groups is 1.